The fraction of sp³-hybridized carbons (Fsp3) is 0.364. The number of alkyl halides is 3. The summed E-state index contributed by atoms with van der Waals surface area (Å²) < 4.78 is 43.6. The Morgan fingerprint density at radius 1 is 1.06 bits per heavy atom. The van der Waals surface area contributed by atoms with Crippen LogP contribution in [0.4, 0.5) is 13.2 Å². The molecule has 0 atom stereocenters. The Morgan fingerprint density at radius 3 is 2.41 bits per heavy atom. The van der Waals surface area contributed by atoms with E-state index in [0.29, 0.717) is 23.3 Å². The molecule has 2 aromatic heterocycles. The first-order valence-electron chi connectivity index (χ1n) is 10.2. The maximum atomic E-state index is 12.6. The van der Waals surface area contributed by atoms with Crippen molar-refractivity contribution in [3.63, 3.8) is 0 Å². The summed E-state index contributed by atoms with van der Waals surface area (Å²) in [6, 6.07) is 9.12. The van der Waals surface area contributed by atoms with Gasteiger partial charge in [-0.15, -0.1) is 10.2 Å². The number of nitrogens with zero attached hydrogens (tertiary/aromatic N) is 3. The molecule has 1 amide bonds. The number of halogens is 4. The summed E-state index contributed by atoms with van der Waals surface area (Å²) in [6.07, 6.45) is -0.135. The highest BCUT2D eigenvalue weighted by Crippen LogP contribution is 2.36. The molecule has 0 bridgehead atoms. The van der Waals surface area contributed by atoms with Gasteiger partial charge in [-0.25, -0.2) is 0 Å². The zero-order chi connectivity index (χ0) is 22.7. The minimum atomic E-state index is -4.53. The normalized spacial score (nSPS) is 19.0. The third-order valence-electron chi connectivity index (χ3n) is 5.60. The molecule has 2 heterocycles. The van der Waals surface area contributed by atoms with E-state index in [2.05, 4.69) is 20.5 Å². The van der Waals surface area contributed by atoms with Gasteiger partial charge in [0.05, 0.1) is 5.56 Å². The second-order valence-corrected chi connectivity index (χ2v) is 8.25. The molecule has 1 aliphatic rings. The van der Waals surface area contributed by atoms with Gasteiger partial charge in [0.2, 0.25) is 11.8 Å². The number of nitrogens with one attached hydrogen (secondary N) is 1. The van der Waals surface area contributed by atoms with Crippen LogP contribution in [0.5, 0.6) is 0 Å². The fourth-order valence-corrected chi connectivity index (χ4v) is 3.88. The van der Waals surface area contributed by atoms with E-state index in [1.807, 2.05) is 12.1 Å². The minimum absolute atomic E-state index is 0.104. The average molecular weight is 465 g/mol. The van der Waals surface area contributed by atoms with Gasteiger partial charge in [-0.3, -0.25) is 9.78 Å². The first kappa shape index (κ1) is 22.3. The number of rotatable bonds is 5. The third-order valence-corrected chi connectivity index (χ3v) is 5.85. The molecule has 4 rings (SSSR count). The van der Waals surface area contributed by atoms with Gasteiger partial charge in [-0.2, -0.15) is 13.2 Å². The van der Waals surface area contributed by atoms with E-state index in [1.54, 1.807) is 12.1 Å². The maximum Gasteiger partial charge on any atom is 0.433 e. The van der Waals surface area contributed by atoms with Crippen LogP contribution in [0, 0.1) is 5.92 Å². The molecule has 0 saturated heterocycles. The lowest BCUT2D eigenvalue weighted by molar-refractivity contribution is -0.141. The van der Waals surface area contributed by atoms with Gasteiger partial charge in [0.1, 0.15) is 5.69 Å². The Hall–Kier alpha value is -2.94. The summed E-state index contributed by atoms with van der Waals surface area (Å²) in [5.41, 5.74) is -0.109. The van der Waals surface area contributed by atoms with Crippen molar-refractivity contribution in [2.24, 2.45) is 5.92 Å². The molecule has 1 aromatic carbocycles. The van der Waals surface area contributed by atoms with Crippen LogP contribution in [-0.4, -0.2) is 27.6 Å². The van der Waals surface area contributed by atoms with Crippen LogP contribution in [0.25, 0.3) is 11.5 Å². The summed E-state index contributed by atoms with van der Waals surface area (Å²) in [4.78, 5) is 15.5. The SMILES string of the molecule is O=C(NC[C@H]1CC[C@H](c2nnc(-c3ccc(Cl)cc3)o2)CC1)c1ccc(C(F)(F)F)nc1. The van der Waals surface area contributed by atoms with E-state index in [1.165, 1.54) is 0 Å². The fourth-order valence-electron chi connectivity index (χ4n) is 3.76. The molecule has 0 aliphatic heterocycles. The van der Waals surface area contributed by atoms with Crippen molar-refractivity contribution in [1.82, 2.24) is 20.5 Å². The largest absolute Gasteiger partial charge is 0.433 e. The Kier molecular flexibility index (Phi) is 6.45. The number of hydrogen-bond donors (Lipinski definition) is 1. The number of aromatic nitrogens is 3. The van der Waals surface area contributed by atoms with Crippen LogP contribution in [0.3, 0.4) is 0 Å². The molecule has 6 nitrogen and oxygen atoms in total. The van der Waals surface area contributed by atoms with Crippen molar-refractivity contribution in [3.05, 3.63) is 64.8 Å². The maximum absolute atomic E-state index is 12.6. The van der Waals surface area contributed by atoms with Gasteiger partial charge in [0.15, 0.2) is 0 Å². The van der Waals surface area contributed by atoms with Gasteiger partial charge in [0.25, 0.3) is 5.91 Å². The molecule has 10 heteroatoms. The van der Waals surface area contributed by atoms with Crippen molar-refractivity contribution in [1.29, 1.82) is 0 Å². The van der Waals surface area contributed by atoms with Gasteiger partial charge in [-0.1, -0.05) is 11.6 Å². The number of amides is 1. The standard InChI is InChI=1S/C22H20ClF3N4O2/c23-17-8-5-15(6-9-17)21-30-29-20(32-21)14-3-1-13(2-4-14)11-28-19(31)16-7-10-18(27-12-16)22(24,25)26/h5-10,12-14H,1-4,11H2,(H,28,31)/t13-,14-. The Bertz CT molecular complexity index is 1060. The molecular formula is C22H20ClF3N4O2. The van der Waals surface area contributed by atoms with Crippen molar-refractivity contribution in [3.8, 4) is 11.5 Å². The molecule has 168 valence electrons. The molecule has 1 aliphatic carbocycles. The van der Waals surface area contributed by atoms with Crippen LogP contribution in [0.2, 0.25) is 5.02 Å². The lowest BCUT2D eigenvalue weighted by Crippen LogP contribution is -2.31. The Balaban J connectivity index is 1.26. The number of carbonyl (C=O) groups excluding carboxylic acids is 1. The van der Waals surface area contributed by atoms with Crippen LogP contribution in [-0.2, 0) is 6.18 Å². The van der Waals surface area contributed by atoms with Crippen molar-refractivity contribution >= 4 is 17.5 Å². The summed E-state index contributed by atoms with van der Waals surface area (Å²) >= 11 is 5.91. The highest BCUT2D eigenvalue weighted by atomic mass is 35.5. The summed E-state index contributed by atoms with van der Waals surface area (Å²) in [5.74, 6) is 1.06. The third kappa shape index (κ3) is 5.27. The average Bonchev–Trinajstić information content (AvgIpc) is 3.28. The number of hydrogen-bond acceptors (Lipinski definition) is 5. The molecule has 0 unspecified atom stereocenters. The van der Waals surface area contributed by atoms with Crippen molar-refractivity contribution in [2.45, 2.75) is 37.8 Å². The topological polar surface area (TPSA) is 80.9 Å². The van der Waals surface area contributed by atoms with E-state index in [-0.39, 0.29) is 17.4 Å². The molecule has 3 aromatic rings. The van der Waals surface area contributed by atoms with E-state index >= 15 is 0 Å². The zero-order valence-electron chi connectivity index (χ0n) is 16.9. The number of benzene rings is 1. The lowest BCUT2D eigenvalue weighted by atomic mass is 9.82. The van der Waals surface area contributed by atoms with Gasteiger partial charge >= 0.3 is 6.18 Å². The molecule has 1 fully saturated rings. The molecule has 0 spiro atoms. The smallest absolute Gasteiger partial charge is 0.420 e. The quantitative estimate of drug-likeness (QED) is 0.538. The van der Waals surface area contributed by atoms with E-state index < -0.39 is 17.8 Å². The first-order chi connectivity index (χ1) is 15.3. The second kappa shape index (κ2) is 9.28. The van der Waals surface area contributed by atoms with Crippen LogP contribution >= 0.6 is 11.6 Å². The second-order valence-electron chi connectivity index (χ2n) is 7.81. The predicted molar refractivity (Wildman–Crippen MR) is 111 cm³/mol. The molecule has 1 saturated carbocycles. The minimum Gasteiger partial charge on any atom is -0.420 e. The lowest BCUT2D eigenvalue weighted by Gasteiger charge is -2.26. The molecule has 32 heavy (non-hydrogen) atoms. The zero-order valence-corrected chi connectivity index (χ0v) is 17.7. The Morgan fingerprint density at radius 2 is 1.78 bits per heavy atom. The van der Waals surface area contributed by atoms with E-state index in [0.717, 1.165) is 49.6 Å². The number of carbonyl (C=O) groups is 1. The van der Waals surface area contributed by atoms with Crippen LogP contribution < -0.4 is 5.32 Å². The molecule has 0 radical (unpaired) electrons. The monoisotopic (exact) mass is 464 g/mol. The summed E-state index contributed by atoms with van der Waals surface area (Å²) in [7, 11) is 0. The van der Waals surface area contributed by atoms with E-state index in [4.69, 9.17) is 16.0 Å². The van der Waals surface area contributed by atoms with Gasteiger partial charge in [0, 0.05) is 29.2 Å². The Labute approximate surface area is 187 Å². The highest BCUT2D eigenvalue weighted by Gasteiger charge is 2.32. The van der Waals surface area contributed by atoms with Crippen LogP contribution in [0.15, 0.2) is 47.0 Å². The first-order valence-corrected chi connectivity index (χ1v) is 10.6. The highest BCUT2D eigenvalue weighted by molar-refractivity contribution is 6.30. The molecular weight excluding hydrogens is 445 g/mol. The van der Waals surface area contributed by atoms with Gasteiger partial charge in [-0.05, 0) is 68.0 Å². The van der Waals surface area contributed by atoms with Crippen molar-refractivity contribution < 1.29 is 22.4 Å². The predicted octanol–water partition coefficient (Wildman–Crippen LogP) is 5.51. The molecule has 1 N–H and O–H groups in total. The summed E-state index contributed by atoms with van der Waals surface area (Å²) in [6.45, 7) is 0.451. The van der Waals surface area contributed by atoms with Crippen molar-refractivity contribution in [2.75, 3.05) is 6.54 Å². The number of pyridine rings is 1. The summed E-state index contributed by atoms with van der Waals surface area (Å²) in [5, 5.41) is 11.7. The van der Waals surface area contributed by atoms with Gasteiger partial charge < -0.3 is 9.73 Å². The van der Waals surface area contributed by atoms with Crippen LogP contribution in [0.1, 0.15) is 53.5 Å². The van der Waals surface area contributed by atoms with E-state index in [9.17, 15) is 18.0 Å².